The van der Waals surface area contributed by atoms with Gasteiger partial charge in [0, 0.05) is 23.7 Å². The monoisotopic (exact) mass is 481 g/mol. The molecule has 8 heteroatoms. The zero-order chi connectivity index (χ0) is 24.5. The molecule has 0 aromatic heterocycles. The number of hydrogen-bond acceptors (Lipinski definition) is 6. The van der Waals surface area contributed by atoms with Crippen LogP contribution in [0.15, 0.2) is 52.3 Å². The Bertz CT molecular complexity index is 1340. The summed E-state index contributed by atoms with van der Waals surface area (Å²) < 4.78 is 31.4. The standard InChI is InChI=1S/C26H27NO6S/c1-25(2)11-17-12-26(3,14-25)15-27(17)22(28)13-33-24(30)16-8-9-19-21(10-16)34(31,32)20-7-5-4-6-18(20)23(19)29/h4-10,17H,11-15H2,1-3H3/t17-,26-/m0/s1. The van der Waals surface area contributed by atoms with Crippen molar-refractivity contribution in [1.82, 2.24) is 4.90 Å². The van der Waals surface area contributed by atoms with Gasteiger partial charge in [0.2, 0.25) is 9.84 Å². The molecule has 34 heavy (non-hydrogen) atoms. The Morgan fingerprint density at radius 1 is 1.03 bits per heavy atom. The Labute approximate surface area is 199 Å². The van der Waals surface area contributed by atoms with Crippen LogP contribution in [-0.4, -0.2) is 50.2 Å². The van der Waals surface area contributed by atoms with Gasteiger partial charge in [-0.05, 0) is 60.4 Å². The van der Waals surface area contributed by atoms with Gasteiger partial charge in [0.25, 0.3) is 5.91 Å². The largest absolute Gasteiger partial charge is 0.452 e. The summed E-state index contributed by atoms with van der Waals surface area (Å²) in [5, 5.41) is 0. The summed E-state index contributed by atoms with van der Waals surface area (Å²) in [5.74, 6) is -1.45. The molecule has 2 bridgehead atoms. The van der Waals surface area contributed by atoms with Gasteiger partial charge in [0.15, 0.2) is 12.4 Å². The van der Waals surface area contributed by atoms with Crippen LogP contribution in [0.25, 0.3) is 0 Å². The van der Waals surface area contributed by atoms with Crippen LogP contribution in [0.4, 0.5) is 0 Å². The maximum Gasteiger partial charge on any atom is 0.338 e. The van der Waals surface area contributed by atoms with E-state index in [0.29, 0.717) is 6.54 Å². The second kappa shape index (κ2) is 7.50. The first kappa shape index (κ1) is 22.8. The number of ether oxygens (including phenoxy) is 1. The van der Waals surface area contributed by atoms with Crippen molar-refractivity contribution < 1.29 is 27.5 Å². The van der Waals surface area contributed by atoms with Crippen LogP contribution in [0.1, 0.15) is 66.3 Å². The minimum Gasteiger partial charge on any atom is -0.452 e. The van der Waals surface area contributed by atoms with Gasteiger partial charge in [-0.25, -0.2) is 13.2 Å². The smallest absolute Gasteiger partial charge is 0.338 e. The van der Waals surface area contributed by atoms with Crippen LogP contribution in [-0.2, 0) is 19.4 Å². The lowest BCUT2D eigenvalue weighted by atomic mass is 9.65. The molecule has 1 saturated heterocycles. The number of likely N-dealkylation sites (tertiary alicyclic amines) is 1. The molecule has 5 rings (SSSR count). The van der Waals surface area contributed by atoms with Gasteiger partial charge < -0.3 is 9.64 Å². The number of ketones is 1. The molecule has 0 radical (unpaired) electrons. The summed E-state index contributed by atoms with van der Waals surface area (Å²) in [4.78, 5) is 39.9. The van der Waals surface area contributed by atoms with Crippen LogP contribution in [0, 0.1) is 10.8 Å². The highest BCUT2D eigenvalue weighted by molar-refractivity contribution is 7.91. The molecule has 1 amide bonds. The summed E-state index contributed by atoms with van der Waals surface area (Å²) >= 11 is 0. The van der Waals surface area contributed by atoms with E-state index < -0.39 is 28.2 Å². The van der Waals surface area contributed by atoms with Gasteiger partial charge in [-0.3, -0.25) is 9.59 Å². The predicted molar refractivity (Wildman–Crippen MR) is 123 cm³/mol. The van der Waals surface area contributed by atoms with Crippen LogP contribution in [0.2, 0.25) is 0 Å². The van der Waals surface area contributed by atoms with Gasteiger partial charge in [-0.15, -0.1) is 0 Å². The number of amides is 1. The molecule has 2 aliphatic heterocycles. The number of rotatable bonds is 3. The molecular weight excluding hydrogens is 454 g/mol. The van der Waals surface area contributed by atoms with E-state index in [1.165, 1.54) is 24.3 Å². The Balaban J connectivity index is 1.33. The lowest BCUT2D eigenvalue weighted by Gasteiger charge is -2.39. The van der Waals surface area contributed by atoms with E-state index in [2.05, 4.69) is 20.8 Å². The average molecular weight is 482 g/mol. The van der Waals surface area contributed by atoms with Gasteiger partial charge in [-0.2, -0.15) is 0 Å². The molecule has 2 heterocycles. The van der Waals surface area contributed by atoms with Gasteiger partial charge in [-0.1, -0.05) is 32.9 Å². The van der Waals surface area contributed by atoms with Gasteiger partial charge >= 0.3 is 5.97 Å². The third-order valence-corrected chi connectivity index (χ3v) is 9.09. The van der Waals surface area contributed by atoms with E-state index in [-0.39, 0.29) is 49.3 Å². The van der Waals surface area contributed by atoms with E-state index in [4.69, 9.17) is 4.74 Å². The molecule has 2 fully saturated rings. The van der Waals surface area contributed by atoms with Crippen molar-refractivity contribution in [2.24, 2.45) is 10.8 Å². The Morgan fingerprint density at radius 3 is 2.50 bits per heavy atom. The number of fused-ring (bicyclic) bond motifs is 4. The molecule has 1 saturated carbocycles. The summed E-state index contributed by atoms with van der Waals surface area (Å²) in [6, 6.07) is 10.00. The molecule has 7 nitrogen and oxygen atoms in total. The van der Waals surface area contributed by atoms with Crippen molar-refractivity contribution in [3.05, 3.63) is 59.2 Å². The van der Waals surface area contributed by atoms with Crippen LogP contribution in [0.5, 0.6) is 0 Å². The molecule has 0 N–H and O–H groups in total. The van der Waals surface area contributed by atoms with Crippen molar-refractivity contribution in [2.45, 2.75) is 55.9 Å². The van der Waals surface area contributed by atoms with Crippen LogP contribution < -0.4 is 0 Å². The quantitative estimate of drug-likeness (QED) is 0.530. The molecule has 2 atom stereocenters. The number of esters is 1. The second-order valence-electron chi connectivity index (χ2n) is 10.9. The summed E-state index contributed by atoms with van der Waals surface area (Å²) in [5.41, 5.74) is 0.348. The third-order valence-electron chi connectivity index (χ3n) is 7.23. The van der Waals surface area contributed by atoms with Crippen LogP contribution >= 0.6 is 0 Å². The number of benzene rings is 2. The summed E-state index contributed by atoms with van der Waals surface area (Å²) in [6.07, 6.45) is 2.92. The number of sulfone groups is 1. The molecule has 2 aromatic carbocycles. The van der Waals surface area contributed by atoms with E-state index in [1.54, 1.807) is 12.1 Å². The lowest BCUT2D eigenvalue weighted by molar-refractivity contribution is -0.135. The molecule has 1 aliphatic carbocycles. The lowest BCUT2D eigenvalue weighted by Crippen LogP contribution is -2.39. The average Bonchev–Trinajstić information content (AvgIpc) is 3.04. The van der Waals surface area contributed by atoms with E-state index in [1.807, 2.05) is 4.90 Å². The van der Waals surface area contributed by atoms with E-state index in [9.17, 15) is 22.8 Å². The number of nitrogens with zero attached hydrogens (tertiary/aromatic N) is 1. The molecular formula is C26H27NO6S. The number of carbonyl (C=O) groups excluding carboxylic acids is 3. The van der Waals surface area contributed by atoms with Crippen molar-refractivity contribution in [1.29, 1.82) is 0 Å². The van der Waals surface area contributed by atoms with Crippen molar-refractivity contribution in [3.63, 3.8) is 0 Å². The van der Waals surface area contributed by atoms with Crippen LogP contribution in [0.3, 0.4) is 0 Å². The maximum atomic E-state index is 13.1. The van der Waals surface area contributed by atoms with Crippen molar-refractivity contribution in [2.75, 3.05) is 13.2 Å². The van der Waals surface area contributed by atoms with Gasteiger partial charge in [0.1, 0.15) is 0 Å². The first-order valence-electron chi connectivity index (χ1n) is 11.4. The van der Waals surface area contributed by atoms with Crippen molar-refractivity contribution >= 4 is 27.5 Å². The summed E-state index contributed by atoms with van der Waals surface area (Å²) in [7, 11) is -3.97. The molecule has 178 valence electrons. The Kier molecular flexibility index (Phi) is 5.02. The highest BCUT2D eigenvalue weighted by atomic mass is 32.2. The topological polar surface area (TPSA) is 97.8 Å². The maximum absolute atomic E-state index is 13.1. The zero-order valence-electron chi connectivity index (χ0n) is 19.5. The van der Waals surface area contributed by atoms with E-state index >= 15 is 0 Å². The first-order valence-corrected chi connectivity index (χ1v) is 12.9. The van der Waals surface area contributed by atoms with Gasteiger partial charge in [0.05, 0.1) is 15.4 Å². The number of carbonyl (C=O) groups is 3. The number of hydrogen-bond donors (Lipinski definition) is 0. The minimum absolute atomic E-state index is 0.0180. The molecule has 3 aliphatic rings. The normalized spacial score (nSPS) is 25.9. The van der Waals surface area contributed by atoms with E-state index in [0.717, 1.165) is 25.3 Å². The fraction of sp³-hybridized carbons (Fsp3) is 0.423. The highest BCUT2D eigenvalue weighted by Gasteiger charge is 2.51. The zero-order valence-corrected chi connectivity index (χ0v) is 20.3. The fourth-order valence-electron chi connectivity index (χ4n) is 6.26. The fourth-order valence-corrected chi connectivity index (χ4v) is 7.93. The minimum atomic E-state index is -3.97. The first-order chi connectivity index (χ1) is 15.9. The Hall–Kier alpha value is -3.00. The Morgan fingerprint density at radius 2 is 1.74 bits per heavy atom. The van der Waals surface area contributed by atoms with Crippen molar-refractivity contribution in [3.8, 4) is 0 Å². The molecule has 0 unspecified atom stereocenters. The third kappa shape index (κ3) is 3.64. The SMILES string of the molecule is CC1(C)C[C@H]2C[C@](C)(CN2C(=O)COC(=O)c2ccc3c(c2)S(=O)(=O)c2ccccc2C3=O)C1. The predicted octanol–water partition coefficient (Wildman–Crippen LogP) is 3.65. The second-order valence-corrected chi connectivity index (χ2v) is 12.7. The summed E-state index contributed by atoms with van der Waals surface area (Å²) in [6.45, 7) is 6.89. The highest BCUT2D eigenvalue weighted by Crippen LogP contribution is 2.52. The molecule has 2 aromatic rings. The molecule has 0 spiro atoms.